The van der Waals surface area contributed by atoms with Gasteiger partial charge in [0.25, 0.3) is 0 Å². The summed E-state index contributed by atoms with van der Waals surface area (Å²) in [6, 6.07) is 0.554. The van der Waals surface area contributed by atoms with Crippen molar-refractivity contribution in [2.24, 2.45) is 16.1 Å². The van der Waals surface area contributed by atoms with Gasteiger partial charge in [-0.2, -0.15) is 0 Å². The zero-order valence-electron chi connectivity index (χ0n) is 11.3. The third kappa shape index (κ3) is 2.35. The Morgan fingerprint density at radius 1 is 1.33 bits per heavy atom. The van der Waals surface area contributed by atoms with Crippen molar-refractivity contribution in [2.45, 2.75) is 70.1 Å². The number of rotatable bonds is 3. The van der Waals surface area contributed by atoms with Crippen LogP contribution in [0.2, 0.25) is 0 Å². The van der Waals surface area contributed by atoms with Gasteiger partial charge in [-0.15, -0.1) is 0 Å². The van der Waals surface area contributed by atoms with Crippen LogP contribution in [-0.2, 0) is 4.74 Å². The number of ether oxygens (including phenoxy) is 1. The number of nitrogens with one attached hydrogen (secondary N) is 1. The quantitative estimate of drug-likeness (QED) is 0.594. The SMILES string of the molecule is CC1(CN=C(N)NC2CCCC2)CC2CCC1O2. The van der Waals surface area contributed by atoms with Crippen molar-refractivity contribution >= 4 is 5.96 Å². The third-order valence-electron chi connectivity index (χ3n) is 4.90. The van der Waals surface area contributed by atoms with Crippen molar-refractivity contribution < 1.29 is 4.74 Å². The number of aliphatic imine (C=N–C) groups is 1. The fraction of sp³-hybridized carbons (Fsp3) is 0.929. The molecule has 0 aromatic carbocycles. The molecule has 1 aliphatic carbocycles. The highest BCUT2D eigenvalue weighted by atomic mass is 16.5. The van der Waals surface area contributed by atoms with Crippen LogP contribution in [0.15, 0.2) is 4.99 Å². The molecular formula is C14H25N3O. The Bertz CT molecular complexity index is 338. The summed E-state index contributed by atoms with van der Waals surface area (Å²) in [6.07, 6.45) is 9.60. The van der Waals surface area contributed by atoms with Gasteiger partial charge in [-0.25, -0.2) is 0 Å². The van der Waals surface area contributed by atoms with Crippen LogP contribution in [0.3, 0.4) is 0 Å². The third-order valence-corrected chi connectivity index (χ3v) is 4.90. The Balaban J connectivity index is 1.53. The molecule has 3 fully saturated rings. The molecule has 18 heavy (non-hydrogen) atoms. The van der Waals surface area contributed by atoms with Crippen molar-refractivity contribution in [3.8, 4) is 0 Å². The first-order chi connectivity index (χ1) is 8.66. The first-order valence-corrected chi connectivity index (χ1v) is 7.38. The van der Waals surface area contributed by atoms with Crippen LogP contribution in [0.1, 0.15) is 51.9 Å². The van der Waals surface area contributed by atoms with Crippen LogP contribution in [-0.4, -0.2) is 30.8 Å². The number of hydrogen-bond donors (Lipinski definition) is 2. The van der Waals surface area contributed by atoms with E-state index in [-0.39, 0.29) is 5.41 Å². The number of guanidine groups is 1. The minimum atomic E-state index is 0.213. The Hall–Kier alpha value is -0.770. The zero-order chi connectivity index (χ0) is 12.6. The van der Waals surface area contributed by atoms with Gasteiger partial charge >= 0.3 is 0 Å². The molecule has 0 amide bonds. The molecule has 3 atom stereocenters. The second-order valence-electron chi connectivity index (χ2n) is 6.51. The largest absolute Gasteiger partial charge is 0.374 e. The molecule has 1 saturated carbocycles. The van der Waals surface area contributed by atoms with E-state index < -0.39 is 0 Å². The van der Waals surface area contributed by atoms with Gasteiger partial charge in [-0.3, -0.25) is 4.99 Å². The first kappa shape index (κ1) is 12.3. The average Bonchev–Trinajstić information content (AvgIpc) is 3.02. The highest BCUT2D eigenvalue weighted by Gasteiger charge is 2.49. The molecule has 2 bridgehead atoms. The van der Waals surface area contributed by atoms with Gasteiger partial charge in [0.05, 0.1) is 18.8 Å². The molecule has 3 rings (SSSR count). The summed E-state index contributed by atoms with van der Waals surface area (Å²) in [7, 11) is 0. The molecule has 2 heterocycles. The Kier molecular flexibility index (Phi) is 3.22. The van der Waals surface area contributed by atoms with Gasteiger partial charge in [0.15, 0.2) is 5.96 Å². The van der Waals surface area contributed by atoms with Gasteiger partial charge in [0.2, 0.25) is 0 Å². The summed E-state index contributed by atoms with van der Waals surface area (Å²) in [5.41, 5.74) is 6.20. The van der Waals surface area contributed by atoms with Crippen LogP contribution in [0.4, 0.5) is 0 Å². The number of fused-ring (bicyclic) bond motifs is 2. The lowest BCUT2D eigenvalue weighted by Gasteiger charge is -2.29. The Morgan fingerprint density at radius 2 is 2.11 bits per heavy atom. The molecule has 3 aliphatic rings. The minimum Gasteiger partial charge on any atom is -0.374 e. The summed E-state index contributed by atoms with van der Waals surface area (Å²) >= 11 is 0. The molecular weight excluding hydrogens is 226 g/mol. The van der Waals surface area contributed by atoms with Crippen molar-refractivity contribution in [2.75, 3.05) is 6.54 Å². The average molecular weight is 251 g/mol. The Labute approximate surface area is 109 Å². The fourth-order valence-electron chi connectivity index (χ4n) is 3.78. The predicted octanol–water partition coefficient (Wildman–Crippen LogP) is 1.79. The van der Waals surface area contributed by atoms with Crippen LogP contribution in [0, 0.1) is 5.41 Å². The highest BCUT2D eigenvalue weighted by molar-refractivity contribution is 5.78. The molecule has 2 aliphatic heterocycles. The van der Waals surface area contributed by atoms with E-state index in [2.05, 4.69) is 17.2 Å². The van der Waals surface area contributed by atoms with E-state index in [9.17, 15) is 0 Å². The maximum atomic E-state index is 5.99. The molecule has 0 aromatic heterocycles. The van der Waals surface area contributed by atoms with Crippen LogP contribution >= 0.6 is 0 Å². The number of hydrogen-bond acceptors (Lipinski definition) is 2. The fourth-order valence-corrected chi connectivity index (χ4v) is 3.78. The van der Waals surface area contributed by atoms with E-state index >= 15 is 0 Å². The molecule has 3 unspecified atom stereocenters. The second-order valence-corrected chi connectivity index (χ2v) is 6.51. The van der Waals surface area contributed by atoms with Crippen molar-refractivity contribution in [3.63, 3.8) is 0 Å². The van der Waals surface area contributed by atoms with E-state index in [1.807, 2.05) is 0 Å². The first-order valence-electron chi connectivity index (χ1n) is 7.38. The van der Waals surface area contributed by atoms with Crippen molar-refractivity contribution in [3.05, 3.63) is 0 Å². The lowest BCUT2D eigenvalue weighted by Crippen LogP contribution is -2.40. The predicted molar refractivity (Wildman–Crippen MR) is 72.5 cm³/mol. The standard InChI is InChI=1S/C14H25N3O/c1-14(8-11-6-7-12(14)18-11)9-16-13(15)17-10-4-2-3-5-10/h10-12H,2-9H2,1H3,(H3,15,16,17). The lowest BCUT2D eigenvalue weighted by molar-refractivity contribution is 0.0706. The molecule has 0 radical (unpaired) electrons. The van der Waals surface area contributed by atoms with Gasteiger partial charge in [-0.05, 0) is 32.1 Å². The molecule has 0 aromatic rings. The molecule has 2 saturated heterocycles. The molecule has 4 nitrogen and oxygen atoms in total. The summed E-state index contributed by atoms with van der Waals surface area (Å²) < 4.78 is 5.92. The minimum absolute atomic E-state index is 0.213. The summed E-state index contributed by atoms with van der Waals surface area (Å²) in [4.78, 5) is 4.56. The van der Waals surface area contributed by atoms with Gasteiger partial charge < -0.3 is 15.8 Å². The maximum absolute atomic E-state index is 5.99. The normalized spacial score (nSPS) is 40.6. The number of nitrogens with zero attached hydrogens (tertiary/aromatic N) is 1. The van der Waals surface area contributed by atoms with E-state index in [1.165, 1.54) is 38.5 Å². The van der Waals surface area contributed by atoms with Crippen LogP contribution in [0.25, 0.3) is 0 Å². The topological polar surface area (TPSA) is 59.6 Å². The van der Waals surface area contributed by atoms with Gasteiger partial charge in [0, 0.05) is 11.5 Å². The second kappa shape index (κ2) is 4.72. The van der Waals surface area contributed by atoms with Crippen molar-refractivity contribution in [1.29, 1.82) is 0 Å². The van der Waals surface area contributed by atoms with E-state index in [0.717, 1.165) is 13.0 Å². The monoisotopic (exact) mass is 251 g/mol. The van der Waals surface area contributed by atoms with E-state index in [1.54, 1.807) is 0 Å². The lowest BCUT2D eigenvalue weighted by atomic mass is 9.76. The van der Waals surface area contributed by atoms with Crippen LogP contribution < -0.4 is 11.1 Å². The summed E-state index contributed by atoms with van der Waals surface area (Å²) in [6.45, 7) is 3.10. The highest BCUT2D eigenvalue weighted by Crippen LogP contribution is 2.47. The Morgan fingerprint density at radius 3 is 2.72 bits per heavy atom. The molecule has 3 N–H and O–H groups in total. The van der Waals surface area contributed by atoms with E-state index in [4.69, 9.17) is 10.5 Å². The summed E-state index contributed by atoms with van der Waals surface area (Å²) in [5.74, 6) is 0.630. The molecule has 102 valence electrons. The van der Waals surface area contributed by atoms with Gasteiger partial charge in [-0.1, -0.05) is 19.8 Å². The van der Waals surface area contributed by atoms with E-state index in [0.29, 0.717) is 24.2 Å². The zero-order valence-corrected chi connectivity index (χ0v) is 11.3. The maximum Gasteiger partial charge on any atom is 0.188 e. The summed E-state index contributed by atoms with van der Waals surface area (Å²) in [5, 5.41) is 3.35. The number of nitrogens with two attached hydrogens (primary N) is 1. The molecule has 0 spiro atoms. The molecule has 4 heteroatoms. The van der Waals surface area contributed by atoms with Crippen molar-refractivity contribution in [1.82, 2.24) is 5.32 Å². The smallest absolute Gasteiger partial charge is 0.188 e. The van der Waals surface area contributed by atoms with Gasteiger partial charge in [0.1, 0.15) is 0 Å². The van der Waals surface area contributed by atoms with Crippen LogP contribution in [0.5, 0.6) is 0 Å².